The Balaban J connectivity index is 1.41. The van der Waals surface area contributed by atoms with Crippen molar-refractivity contribution in [3.05, 3.63) is 49.9 Å². The van der Waals surface area contributed by atoms with E-state index < -0.39 is 0 Å². The number of thiazole rings is 1. The van der Waals surface area contributed by atoms with Crippen LogP contribution in [0.4, 0.5) is 0 Å². The van der Waals surface area contributed by atoms with Gasteiger partial charge in [-0.25, -0.2) is 19.4 Å². The van der Waals surface area contributed by atoms with Gasteiger partial charge >= 0.3 is 5.69 Å². The van der Waals surface area contributed by atoms with Crippen LogP contribution in [0.25, 0.3) is 5.00 Å². The zero-order valence-corrected chi connectivity index (χ0v) is 16.0. The van der Waals surface area contributed by atoms with Crippen molar-refractivity contribution < 1.29 is 4.79 Å². The third kappa shape index (κ3) is 3.36. The highest BCUT2D eigenvalue weighted by Gasteiger charge is 2.26. The molecule has 0 radical (unpaired) electrons. The molecule has 1 aliphatic rings. The summed E-state index contributed by atoms with van der Waals surface area (Å²) >= 11 is 3.02. The first-order valence-electron chi connectivity index (χ1n) is 8.53. The van der Waals surface area contributed by atoms with E-state index in [1.807, 2.05) is 34.7 Å². The van der Waals surface area contributed by atoms with Crippen LogP contribution in [0.3, 0.4) is 0 Å². The summed E-state index contributed by atoms with van der Waals surface area (Å²) in [6.45, 7) is 3.34. The Hall–Kier alpha value is -2.26. The van der Waals surface area contributed by atoms with Gasteiger partial charge in [-0.15, -0.1) is 22.7 Å². The monoisotopic (exact) mass is 389 g/mol. The van der Waals surface area contributed by atoms with Crippen molar-refractivity contribution in [2.75, 3.05) is 13.1 Å². The van der Waals surface area contributed by atoms with Gasteiger partial charge in [-0.2, -0.15) is 5.10 Å². The van der Waals surface area contributed by atoms with E-state index in [1.165, 1.54) is 22.7 Å². The highest BCUT2D eigenvalue weighted by molar-refractivity contribution is 7.12. The lowest BCUT2D eigenvalue weighted by molar-refractivity contribution is 0.0684. The summed E-state index contributed by atoms with van der Waals surface area (Å²) in [4.78, 5) is 30.7. The highest BCUT2D eigenvalue weighted by atomic mass is 32.1. The maximum atomic E-state index is 12.5. The minimum Gasteiger partial charge on any atom is -0.337 e. The van der Waals surface area contributed by atoms with Crippen LogP contribution in [0.5, 0.6) is 0 Å². The van der Waals surface area contributed by atoms with Crippen LogP contribution in [-0.2, 0) is 6.42 Å². The molecular weight excluding hydrogens is 370 g/mol. The average molecular weight is 390 g/mol. The van der Waals surface area contributed by atoms with E-state index in [2.05, 4.69) is 15.2 Å². The summed E-state index contributed by atoms with van der Waals surface area (Å²) in [5.74, 6) is 1.19. The van der Waals surface area contributed by atoms with Crippen molar-refractivity contribution in [3.8, 4) is 5.00 Å². The van der Waals surface area contributed by atoms with Gasteiger partial charge in [0.25, 0.3) is 5.91 Å². The molecule has 1 amide bonds. The molecule has 0 atom stereocenters. The summed E-state index contributed by atoms with van der Waals surface area (Å²) < 4.78 is 1.65. The number of piperidine rings is 1. The van der Waals surface area contributed by atoms with E-state index in [0.29, 0.717) is 24.7 Å². The molecule has 0 aliphatic carbocycles. The molecule has 0 spiro atoms. The fraction of sp³-hybridized carbons (Fsp3) is 0.412. The number of H-pyrrole nitrogens is 1. The van der Waals surface area contributed by atoms with Crippen LogP contribution in [0, 0.1) is 12.8 Å². The van der Waals surface area contributed by atoms with Crippen LogP contribution in [0.1, 0.15) is 34.2 Å². The molecule has 26 heavy (non-hydrogen) atoms. The van der Waals surface area contributed by atoms with Gasteiger partial charge in [0.2, 0.25) is 0 Å². The van der Waals surface area contributed by atoms with Gasteiger partial charge in [0.05, 0.1) is 5.01 Å². The molecule has 0 unspecified atom stereocenters. The molecule has 0 aromatic carbocycles. The van der Waals surface area contributed by atoms with Crippen LogP contribution in [0.2, 0.25) is 0 Å². The van der Waals surface area contributed by atoms with Crippen LogP contribution >= 0.6 is 22.7 Å². The van der Waals surface area contributed by atoms with Crippen molar-refractivity contribution in [3.63, 3.8) is 0 Å². The number of likely N-dealkylation sites (tertiary alicyclic amines) is 1. The third-order valence-corrected chi connectivity index (χ3v) is 6.31. The second kappa shape index (κ2) is 7.16. The Morgan fingerprint density at radius 3 is 2.81 bits per heavy atom. The molecule has 136 valence electrons. The first-order chi connectivity index (χ1) is 12.6. The molecule has 1 aliphatic heterocycles. The number of thiophene rings is 1. The van der Waals surface area contributed by atoms with E-state index in [-0.39, 0.29) is 11.6 Å². The predicted octanol–water partition coefficient (Wildman–Crippen LogP) is 2.48. The van der Waals surface area contributed by atoms with E-state index in [1.54, 1.807) is 4.57 Å². The largest absolute Gasteiger partial charge is 0.348 e. The topological polar surface area (TPSA) is 83.9 Å². The number of rotatable bonds is 4. The van der Waals surface area contributed by atoms with Gasteiger partial charge in [0, 0.05) is 24.9 Å². The van der Waals surface area contributed by atoms with Gasteiger partial charge in [0.1, 0.15) is 16.5 Å². The highest BCUT2D eigenvalue weighted by Crippen LogP contribution is 2.24. The van der Waals surface area contributed by atoms with Crippen LogP contribution in [0.15, 0.2) is 27.7 Å². The number of amides is 1. The molecule has 0 saturated carbocycles. The van der Waals surface area contributed by atoms with Gasteiger partial charge in [-0.05, 0) is 43.2 Å². The summed E-state index contributed by atoms with van der Waals surface area (Å²) in [6, 6.07) is 3.84. The van der Waals surface area contributed by atoms with E-state index in [0.717, 1.165) is 35.1 Å². The summed E-state index contributed by atoms with van der Waals surface area (Å²) in [6.07, 6.45) is 2.54. The average Bonchev–Trinajstić information content (AvgIpc) is 3.37. The number of hydrogen-bond acceptors (Lipinski definition) is 6. The normalized spacial score (nSPS) is 15.5. The maximum absolute atomic E-state index is 12.5. The van der Waals surface area contributed by atoms with Gasteiger partial charge in [0.15, 0.2) is 0 Å². The molecular formula is C17H19N5O2S2. The Labute approximate surface area is 158 Å². The number of carbonyl (C=O) groups excluding carboxylic acids is 1. The molecule has 4 heterocycles. The number of nitrogens with zero attached hydrogens (tertiary/aromatic N) is 4. The lowest BCUT2D eigenvalue weighted by Crippen LogP contribution is -2.39. The zero-order valence-electron chi connectivity index (χ0n) is 14.3. The molecule has 7 nitrogen and oxygen atoms in total. The van der Waals surface area contributed by atoms with Crippen LogP contribution < -0.4 is 5.69 Å². The summed E-state index contributed by atoms with van der Waals surface area (Å²) in [7, 11) is 0. The van der Waals surface area contributed by atoms with Crippen molar-refractivity contribution in [2.45, 2.75) is 26.2 Å². The summed E-state index contributed by atoms with van der Waals surface area (Å²) in [5.41, 5.74) is 0.346. The molecule has 4 rings (SSSR count). The lowest BCUT2D eigenvalue weighted by atomic mass is 9.93. The van der Waals surface area contributed by atoms with Gasteiger partial charge < -0.3 is 4.90 Å². The number of carbonyl (C=O) groups is 1. The zero-order chi connectivity index (χ0) is 18.1. The van der Waals surface area contributed by atoms with E-state index in [9.17, 15) is 9.59 Å². The fourth-order valence-electron chi connectivity index (χ4n) is 3.31. The first-order valence-corrected chi connectivity index (χ1v) is 10.3. The predicted molar refractivity (Wildman–Crippen MR) is 101 cm³/mol. The number of aryl methyl sites for hydroxylation is 1. The molecule has 1 saturated heterocycles. The number of nitrogens with one attached hydrogen (secondary N) is 1. The number of hydrogen-bond donors (Lipinski definition) is 1. The number of aromatic amines is 1. The smallest absolute Gasteiger partial charge is 0.337 e. The second-order valence-corrected chi connectivity index (χ2v) is 8.41. The lowest BCUT2D eigenvalue weighted by Gasteiger charge is -2.31. The fourth-order valence-corrected chi connectivity index (χ4v) is 4.65. The van der Waals surface area contributed by atoms with Crippen molar-refractivity contribution in [2.24, 2.45) is 5.92 Å². The summed E-state index contributed by atoms with van der Waals surface area (Å²) in [5, 5.41) is 12.3. The standard InChI is InChI=1S/C17H19N5O2S2/c1-11-18-13(10-26-11)16(23)21-6-4-12(5-7-21)9-14-19-20-17(24)22(14)15-3-2-8-25-15/h2-3,8,10,12H,4-7,9H2,1H3,(H,20,24). The SMILES string of the molecule is Cc1nc(C(=O)N2CCC(Cc3n[nH]c(=O)n3-c3cccs3)CC2)cs1. The quantitative estimate of drug-likeness (QED) is 0.743. The first kappa shape index (κ1) is 17.2. The minimum atomic E-state index is -0.200. The Morgan fingerprint density at radius 2 is 2.15 bits per heavy atom. The second-order valence-electron chi connectivity index (χ2n) is 6.42. The van der Waals surface area contributed by atoms with Gasteiger partial charge in [-0.3, -0.25) is 4.79 Å². The van der Waals surface area contributed by atoms with Crippen molar-refractivity contribution in [1.82, 2.24) is 24.6 Å². The van der Waals surface area contributed by atoms with Gasteiger partial charge in [-0.1, -0.05) is 0 Å². The van der Waals surface area contributed by atoms with E-state index in [4.69, 9.17) is 0 Å². The number of aromatic nitrogens is 4. The molecule has 0 bridgehead atoms. The van der Waals surface area contributed by atoms with Crippen molar-refractivity contribution >= 4 is 28.6 Å². The molecule has 3 aromatic rings. The Bertz CT molecular complexity index is 948. The van der Waals surface area contributed by atoms with E-state index >= 15 is 0 Å². The molecule has 1 N–H and O–H groups in total. The Kier molecular flexibility index (Phi) is 4.73. The molecule has 1 fully saturated rings. The third-order valence-electron chi connectivity index (χ3n) is 4.68. The van der Waals surface area contributed by atoms with Crippen molar-refractivity contribution in [1.29, 1.82) is 0 Å². The Morgan fingerprint density at radius 1 is 1.35 bits per heavy atom. The minimum absolute atomic E-state index is 0.0167. The molecule has 3 aromatic heterocycles. The molecule has 9 heteroatoms. The van der Waals surface area contributed by atoms with Crippen LogP contribution in [-0.4, -0.2) is 43.6 Å². The maximum Gasteiger partial charge on any atom is 0.348 e.